The number of hydrogen-bond donors (Lipinski definition) is 3. The Labute approximate surface area is 117 Å². The Bertz CT molecular complexity index is 535. The van der Waals surface area contributed by atoms with Crippen LogP contribution < -0.4 is 5.32 Å². The summed E-state index contributed by atoms with van der Waals surface area (Å²) in [6, 6.07) is 4.86. The van der Waals surface area contributed by atoms with Gasteiger partial charge < -0.3 is 15.5 Å². The molecule has 1 amide bonds. The van der Waals surface area contributed by atoms with Crippen molar-refractivity contribution in [1.82, 2.24) is 5.32 Å². The van der Waals surface area contributed by atoms with Gasteiger partial charge in [0.25, 0.3) is 5.91 Å². The first kappa shape index (κ1) is 14.4. The lowest BCUT2D eigenvalue weighted by Crippen LogP contribution is -2.43. The minimum absolute atomic E-state index is 0.0524. The number of nitrogens with one attached hydrogen (secondary N) is 1. The van der Waals surface area contributed by atoms with Crippen LogP contribution in [0.5, 0.6) is 5.75 Å². The third-order valence-corrected chi connectivity index (χ3v) is 3.96. The number of hydrogen-bond acceptors (Lipinski definition) is 3. The molecule has 0 bridgehead atoms. The number of carbonyl (C=O) groups is 2. The van der Waals surface area contributed by atoms with Crippen LogP contribution in [0.1, 0.15) is 41.6 Å². The molecule has 0 unspecified atom stereocenters. The van der Waals surface area contributed by atoms with E-state index in [1.54, 1.807) is 12.1 Å². The van der Waals surface area contributed by atoms with E-state index in [4.69, 9.17) is 5.11 Å². The molecule has 0 spiro atoms. The third kappa shape index (κ3) is 3.10. The molecular formula is C15H19NO4. The highest BCUT2D eigenvalue weighted by Gasteiger charge is 2.39. The van der Waals surface area contributed by atoms with Crippen molar-refractivity contribution in [2.75, 3.05) is 6.54 Å². The average molecular weight is 277 g/mol. The zero-order chi connectivity index (χ0) is 14.8. The van der Waals surface area contributed by atoms with E-state index in [2.05, 4.69) is 5.32 Å². The van der Waals surface area contributed by atoms with E-state index in [0.717, 1.165) is 24.8 Å². The minimum atomic E-state index is -0.836. The van der Waals surface area contributed by atoms with Crippen molar-refractivity contribution in [3.05, 3.63) is 29.3 Å². The molecule has 20 heavy (non-hydrogen) atoms. The molecule has 108 valence electrons. The molecule has 0 aliphatic heterocycles. The van der Waals surface area contributed by atoms with Crippen LogP contribution in [0.15, 0.2) is 18.2 Å². The average Bonchev–Trinajstić information content (AvgIpc) is 2.31. The van der Waals surface area contributed by atoms with E-state index in [1.807, 2.05) is 6.92 Å². The van der Waals surface area contributed by atoms with Gasteiger partial charge in [0.2, 0.25) is 0 Å². The van der Waals surface area contributed by atoms with E-state index in [-0.39, 0.29) is 29.1 Å². The maximum absolute atomic E-state index is 12.0. The quantitative estimate of drug-likeness (QED) is 0.769. The van der Waals surface area contributed by atoms with Gasteiger partial charge in [-0.3, -0.25) is 9.59 Å². The van der Waals surface area contributed by atoms with Crippen LogP contribution in [0.4, 0.5) is 0 Å². The van der Waals surface area contributed by atoms with Crippen molar-refractivity contribution in [3.63, 3.8) is 0 Å². The zero-order valence-corrected chi connectivity index (χ0v) is 11.5. The van der Waals surface area contributed by atoms with Gasteiger partial charge in [0.05, 0.1) is 12.0 Å². The van der Waals surface area contributed by atoms with Gasteiger partial charge in [-0.15, -0.1) is 0 Å². The normalized spacial score (nSPS) is 16.2. The molecule has 1 aromatic rings. The molecule has 0 radical (unpaired) electrons. The topological polar surface area (TPSA) is 86.6 Å². The van der Waals surface area contributed by atoms with Gasteiger partial charge >= 0.3 is 5.97 Å². The molecule has 1 saturated carbocycles. The van der Waals surface area contributed by atoms with Crippen LogP contribution in [0.25, 0.3) is 0 Å². The number of carbonyl (C=O) groups excluding carboxylic acids is 1. The van der Waals surface area contributed by atoms with Crippen LogP contribution in [-0.2, 0) is 4.79 Å². The summed E-state index contributed by atoms with van der Waals surface area (Å²) in [5.74, 6) is -1.25. The van der Waals surface area contributed by atoms with Crippen LogP contribution in [0, 0.1) is 12.3 Å². The largest absolute Gasteiger partial charge is 0.507 e. The number of carboxylic acids is 1. The maximum atomic E-state index is 12.0. The SMILES string of the molecule is Cc1ccc(C(=O)NCC2(CC(=O)O)CCC2)c(O)c1. The summed E-state index contributed by atoms with van der Waals surface area (Å²) < 4.78 is 0. The second-order valence-corrected chi connectivity index (χ2v) is 5.63. The monoisotopic (exact) mass is 277 g/mol. The Morgan fingerprint density at radius 3 is 2.55 bits per heavy atom. The van der Waals surface area contributed by atoms with Crippen LogP contribution >= 0.6 is 0 Å². The smallest absolute Gasteiger partial charge is 0.303 e. The molecule has 0 atom stereocenters. The standard InChI is InChI=1S/C15H19NO4/c1-10-3-4-11(12(17)7-10)14(20)16-9-15(5-2-6-15)8-13(18)19/h3-4,7,17H,2,5-6,8-9H2,1H3,(H,16,20)(H,18,19). The molecule has 1 aliphatic carbocycles. The first-order valence-electron chi connectivity index (χ1n) is 6.71. The summed E-state index contributed by atoms with van der Waals surface area (Å²) in [6.07, 6.45) is 2.71. The zero-order valence-electron chi connectivity index (χ0n) is 11.5. The molecule has 1 aromatic carbocycles. The van der Waals surface area contributed by atoms with Gasteiger partial charge in [-0.1, -0.05) is 12.5 Å². The number of amides is 1. The van der Waals surface area contributed by atoms with Crippen molar-refractivity contribution < 1.29 is 19.8 Å². The number of phenolic OH excluding ortho intramolecular Hbond substituents is 1. The van der Waals surface area contributed by atoms with Crippen LogP contribution in [0.3, 0.4) is 0 Å². The highest BCUT2D eigenvalue weighted by molar-refractivity contribution is 5.96. The Morgan fingerprint density at radius 2 is 2.05 bits per heavy atom. The Morgan fingerprint density at radius 1 is 1.35 bits per heavy atom. The van der Waals surface area contributed by atoms with E-state index in [0.29, 0.717) is 6.54 Å². The number of benzene rings is 1. The van der Waals surface area contributed by atoms with Crippen LogP contribution in [0.2, 0.25) is 0 Å². The fraction of sp³-hybridized carbons (Fsp3) is 0.467. The maximum Gasteiger partial charge on any atom is 0.303 e. The molecule has 2 rings (SSSR count). The van der Waals surface area contributed by atoms with E-state index in [9.17, 15) is 14.7 Å². The van der Waals surface area contributed by atoms with Gasteiger partial charge in [0.1, 0.15) is 5.75 Å². The number of phenols is 1. The van der Waals surface area contributed by atoms with Crippen molar-refractivity contribution in [2.45, 2.75) is 32.6 Å². The van der Waals surface area contributed by atoms with Crippen molar-refractivity contribution in [1.29, 1.82) is 0 Å². The predicted octanol–water partition coefficient (Wildman–Crippen LogP) is 2.08. The van der Waals surface area contributed by atoms with Gasteiger partial charge in [-0.2, -0.15) is 0 Å². The Kier molecular flexibility index (Phi) is 3.97. The molecule has 1 fully saturated rings. The first-order chi connectivity index (χ1) is 9.42. The molecular weight excluding hydrogens is 258 g/mol. The molecule has 0 aromatic heterocycles. The van der Waals surface area contributed by atoms with Crippen LogP contribution in [-0.4, -0.2) is 28.6 Å². The number of aromatic hydroxyl groups is 1. The molecule has 5 nitrogen and oxygen atoms in total. The summed E-state index contributed by atoms with van der Waals surface area (Å²) in [4.78, 5) is 22.9. The summed E-state index contributed by atoms with van der Waals surface area (Å²) >= 11 is 0. The van der Waals surface area contributed by atoms with Gasteiger partial charge in [0.15, 0.2) is 0 Å². The highest BCUT2D eigenvalue weighted by Crippen LogP contribution is 2.43. The molecule has 1 aliphatic rings. The minimum Gasteiger partial charge on any atom is -0.507 e. The van der Waals surface area contributed by atoms with Gasteiger partial charge in [-0.25, -0.2) is 0 Å². The van der Waals surface area contributed by atoms with Crippen molar-refractivity contribution in [3.8, 4) is 5.75 Å². The summed E-state index contributed by atoms with van der Waals surface area (Å²) in [6.45, 7) is 2.17. The Hall–Kier alpha value is -2.04. The molecule has 3 N–H and O–H groups in total. The lowest BCUT2D eigenvalue weighted by Gasteiger charge is -2.40. The second kappa shape index (κ2) is 5.53. The second-order valence-electron chi connectivity index (χ2n) is 5.63. The lowest BCUT2D eigenvalue weighted by molar-refractivity contribution is -0.141. The van der Waals surface area contributed by atoms with Crippen molar-refractivity contribution in [2.24, 2.45) is 5.41 Å². The fourth-order valence-electron chi connectivity index (χ4n) is 2.61. The number of rotatable bonds is 5. The first-order valence-corrected chi connectivity index (χ1v) is 6.71. The molecule has 0 heterocycles. The Balaban J connectivity index is 1.99. The molecule has 0 saturated heterocycles. The summed E-state index contributed by atoms with van der Waals surface area (Å²) in [5.41, 5.74) is 0.780. The molecule has 5 heteroatoms. The fourth-order valence-corrected chi connectivity index (χ4v) is 2.61. The highest BCUT2D eigenvalue weighted by atomic mass is 16.4. The third-order valence-electron chi connectivity index (χ3n) is 3.96. The number of aryl methyl sites for hydroxylation is 1. The summed E-state index contributed by atoms with van der Waals surface area (Å²) in [7, 11) is 0. The summed E-state index contributed by atoms with van der Waals surface area (Å²) in [5, 5.41) is 21.4. The van der Waals surface area contributed by atoms with E-state index < -0.39 is 5.97 Å². The van der Waals surface area contributed by atoms with E-state index >= 15 is 0 Å². The van der Waals surface area contributed by atoms with Gasteiger partial charge in [-0.05, 0) is 42.9 Å². The predicted molar refractivity (Wildman–Crippen MR) is 73.7 cm³/mol. The van der Waals surface area contributed by atoms with Crippen molar-refractivity contribution >= 4 is 11.9 Å². The van der Waals surface area contributed by atoms with E-state index in [1.165, 1.54) is 6.07 Å². The van der Waals surface area contributed by atoms with Gasteiger partial charge in [0, 0.05) is 6.54 Å². The number of carboxylic acid groups (broad SMARTS) is 1. The lowest BCUT2D eigenvalue weighted by atomic mass is 9.66. The number of aliphatic carboxylic acids is 1.